The molecule has 0 aliphatic heterocycles. The quantitative estimate of drug-likeness (QED) is 0.495. The Balaban J connectivity index is 1.41. The van der Waals surface area contributed by atoms with Crippen LogP contribution in [0.3, 0.4) is 0 Å². The zero-order valence-electron chi connectivity index (χ0n) is 14.5. The van der Waals surface area contributed by atoms with Crippen molar-refractivity contribution in [2.45, 2.75) is 36.6 Å². The number of aryl methyl sites for hydroxylation is 1. The molecule has 1 aliphatic rings. The van der Waals surface area contributed by atoms with Crippen molar-refractivity contribution < 1.29 is 0 Å². The van der Waals surface area contributed by atoms with Crippen molar-refractivity contribution in [3.8, 4) is 5.69 Å². The molecular weight excluding hydrogens is 342 g/mol. The normalized spacial score (nSPS) is 14.2. The van der Waals surface area contributed by atoms with E-state index < -0.39 is 0 Å². The minimum Gasteiger partial charge on any atom is -0.307 e. The second-order valence-electron chi connectivity index (χ2n) is 6.72. The fourth-order valence-electron chi connectivity index (χ4n) is 3.14. The van der Waals surface area contributed by atoms with Gasteiger partial charge in [-0.2, -0.15) is 0 Å². The summed E-state index contributed by atoms with van der Waals surface area (Å²) in [5.74, 6) is 2.41. The lowest BCUT2D eigenvalue weighted by Crippen LogP contribution is -2.01. The lowest BCUT2D eigenvalue weighted by Gasteiger charge is -2.03. The number of imidazole rings is 1. The molecule has 0 unspecified atom stereocenters. The van der Waals surface area contributed by atoms with Crippen LogP contribution in [0, 0.1) is 6.92 Å². The minimum atomic E-state index is 0.551. The Morgan fingerprint density at radius 3 is 2.69 bits per heavy atom. The molecule has 6 heteroatoms. The molecule has 1 saturated carbocycles. The first kappa shape index (κ1) is 15.6. The minimum absolute atomic E-state index is 0.551. The lowest BCUT2D eigenvalue weighted by atomic mass is 10.3. The highest BCUT2D eigenvalue weighted by Crippen LogP contribution is 2.40. The molecule has 3 aromatic heterocycles. The van der Waals surface area contributed by atoms with Crippen LogP contribution in [0.1, 0.15) is 35.8 Å². The van der Waals surface area contributed by atoms with Gasteiger partial charge < -0.3 is 4.40 Å². The Bertz CT molecular complexity index is 1060. The summed E-state index contributed by atoms with van der Waals surface area (Å²) in [7, 11) is 0. The first-order valence-corrected chi connectivity index (χ1v) is 9.85. The van der Waals surface area contributed by atoms with Crippen molar-refractivity contribution in [1.29, 1.82) is 0 Å². The fraction of sp³-hybridized carbons (Fsp3) is 0.250. The molecule has 0 spiro atoms. The van der Waals surface area contributed by atoms with Crippen LogP contribution in [-0.2, 0) is 5.75 Å². The van der Waals surface area contributed by atoms with Gasteiger partial charge in [-0.1, -0.05) is 36.0 Å². The molecule has 0 atom stereocenters. The van der Waals surface area contributed by atoms with Gasteiger partial charge in [0.15, 0.2) is 0 Å². The Hall–Kier alpha value is -2.60. The molecule has 5 nitrogen and oxygen atoms in total. The summed E-state index contributed by atoms with van der Waals surface area (Å²) < 4.78 is 4.09. The second-order valence-corrected chi connectivity index (χ2v) is 7.66. The van der Waals surface area contributed by atoms with Gasteiger partial charge >= 0.3 is 0 Å². The number of rotatable bonds is 5. The van der Waals surface area contributed by atoms with Gasteiger partial charge in [-0.3, -0.25) is 0 Å². The number of hydrogen-bond acceptors (Lipinski definition) is 4. The molecule has 0 radical (unpaired) electrons. The molecule has 5 rings (SSSR count). The van der Waals surface area contributed by atoms with Crippen LogP contribution in [0.5, 0.6) is 0 Å². The predicted molar refractivity (Wildman–Crippen MR) is 103 cm³/mol. The van der Waals surface area contributed by atoms with Gasteiger partial charge in [0, 0.05) is 24.1 Å². The van der Waals surface area contributed by atoms with Gasteiger partial charge in [0.1, 0.15) is 11.5 Å². The molecule has 1 aliphatic carbocycles. The van der Waals surface area contributed by atoms with Crippen LogP contribution in [-0.4, -0.2) is 24.1 Å². The van der Waals surface area contributed by atoms with Gasteiger partial charge in [-0.05, 0) is 43.5 Å². The molecule has 3 heterocycles. The summed E-state index contributed by atoms with van der Waals surface area (Å²) in [6, 6.07) is 14.4. The number of aromatic nitrogens is 5. The molecule has 26 heavy (non-hydrogen) atoms. The first-order chi connectivity index (χ1) is 12.8. The average molecular weight is 361 g/mol. The summed E-state index contributed by atoms with van der Waals surface area (Å²) in [6.45, 7) is 2.09. The van der Waals surface area contributed by atoms with Crippen LogP contribution in [0.4, 0.5) is 0 Å². The van der Waals surface area contributed by atoms with Gasteiger partial charge in [-0.25, -0.2) is 14.6 Å². The smallest absolute Gasteiger partial charge is 0.209 e. The SMILES string of the molecule is Cc1cccn2cc(CSc3nc(C4CC4)n(-c4ccccc4)n3)nc12. The maximum atomic E-state index is 4.82. The highest BCUT2D eigenvalue weighted by molar-refractivity contribution is 7.98. The molecule has 0 N–H and O–H groups in total. The number of para-hydroxylation sites is 1. The van der Waals surface area contributed by atoms with Crippen LogP contribution in [0.15, 0.2) is 60.0 Å². The van der Waals surface area contributed by atoms with E-state index in [1.807, 2.05) is 35.1 Å². The number of thioether (sulfide) groups is 1. The monoisotopic (exact) mass is 361 g/mol. The van der Waals surface area contributed by atoms with Crippen LogP contribution in [0.25, 0.3) is 11.3 Å². The van der Waals surface area contributed by atoms with Crippen LogP contribution >= 0.6 is 11.8 Å². The molecular formula is C20H19N5S. The lowest BCUT2D eigenvalue weighted by molar-refractivity contribution is 0.782. The van der Waals surface area contributed by atoms with Gasteiger partial charge in [0.25, 0.3) is 0 Å². The number of hydrogen-bond donors (Lipinski definition) is 0. The summed E-state index contributed by atoms with van der Waals surface area (Å²) in [6.07, 6.45) is 6.55. The Morgan fingerprint density at radius 1 is 1.08 bits per heavy atom. The zero-order chi connectivity index (χ0) is 17.5. The van der Waals surface area contributed by atoms with E-state index >= 15 is 0 Å². The predicted octanol–water partition coefficient (Wildman–Crippen LogP) is 4.39. The highest BCUT2D eigenvalue weighted by atomic mass is 32.2. The van der Waals surface area contributed by atoms with Crippen molar-refractivity contribution in [2.75, 3.05) is 0 Å². The Kier molecular flexibility index (Phi) is 3.78. The standard InChI is InChI=1S/C20H19N5S/c1-14-6-5-11-24-12-16(21-18(14)24)13-26-20-22-19(15-9-10-15)25(23-20)17-7-3-2-4-8-17/h2-8,11-12,15H,9-10,13H2,1H3. The second kappa shape index (κ2) is 6.29. The van der Waals surface area contributed by atoms with Crippen LogP contribution in [0.2, 0.25) is 0 Å². The first-order valence-electron chi connectivity index (χ1n) is 8.86. The molecule has 0 saturated heterocycles. The van der Waals surface area contributed by atoms with E-state index in [9.17, 15) is 0 Å². The number of nitrogens with zero attached hydrogens (tertiary/aromatic N) is 5. The van der Waals surface area contributed by atoms with Gasteiger partial charge in [-0.15, -0.1) is 5.10 Å². The van der Waals surface area contributed by atoms with E-state index in [0.29, 0.717) is 5.92 Å². The molecule has 0 bridgehead atoms. The summed E-state index contributed by atoms with van der Waals surface area (Å²) >= 11 is 1.65. The third kappa shape index (κ3) is 2.90. The Labute approximate surface area is 156 Å². The summed E-state index contributed by atoms with van der Waals surface area (Å²) in [5, 5.41) is 5.59. The van der Waals surface area contributed by atoms with E-state index in [1.54, 1.807) is 11.8 Å². The molecule has 1 fully saturated rings. The Morgan fingerprint density at radius 2 is 1.92 bits per heavy atom. The van der Waals surface area contributed by atoms with E-state index in [0.717, 1.165) is 33.8 Å². The fourth-order valence-corrected chi connectivity index (χ4v) is 3.86. The third-order valence-corrected chi connectivity index (χ3v) is 5.50. The molecule has 1 aromatic carbocycles. The van der Waals surface area contributed by atoms with Gasteiger partial charge in [0.2, 0.25) is 5.16 Å². The molecule has 0 amide bonds. The van der Waals surface area contributed by atoms with Crippen molar-refractivity contribution in [1.82, 2.24) is 24.1 Å². The zero-order valence-corrected chi connectivity index (χ0v) is 15.4. The van der Waals surface area contributed by atoms with E-state index in [-0.39, 0.29) is 0 Å². The van der Waals surface area contributed by atoms with E-state index in [4.69, 9.17) is 15.1 Å². The summed E-state index contributed by atoms with van der Waals surface area (Å²) in [5.41, 5.74) is 4.33. The number of fused-ring (bicyclic) bond motifs is 1. The van der Waals surface area contributed by atoms with Crippen LogP contribution < -0.4 is 0 Å². The van der Waals surface area contributed by atoms with Crippen molar-refractivity contribution in [3.63, 3.8) is 0 Å². The molecule has 4 aromatic rings. The van der Waals surface area contributed by atoms with Gasteiger partial charge in [0.05, 0.1) is 11.4 Å². The number of benzene rings is 1. The highest BCUT2D eigenvalue weighted by Gasteiger charge is 2.30. The molecule has 130 valence electrons. The average Bonchev–Trinajstić information content (AvgIpc) is 3.27. The summed E-state index contributed by atoms with van der Waals surface area (Å²) in [4.78, 5) is 9.56. The topological polar surface area (TPSA) is 48.0 Å². The van der Waals surface area contributed by atoms with Crippen molar-refractivity contribution >= 4 is 17.4 Å². The maximum absolute atomic E-state index is 4.82. The van der Waals surface area contributed by atoms with E-state index in [1.165, 1.54) is 18.4 Å². The number of pyridine rings is 1. The maximum Gasteiger partial charge on any atom is 0.209 e. The van der Waals surface area contributed by atoms with E-state index in [2.05, 4.69) is 35.7 Å². The largest absolute Gasteiger partial charge is 0.307 e. The van der Waals surface area contributed by atoms with Crippen molar-refractivity contribution in [2.24, 2.45) is 0 Å². The van der Waals surface area contributed by atoms with Crippen molar-refractivity contribution in [3.05, 3.63) is 71.9 Å². The third-order valence-electron chi connectivity index (χ3n) is 4.63.